The van der Waals surface area contributed by atoms with Gasteiger partial charge in [0, 0.05) is 37.1 Å². The van der Waals surface area contributed by atoms with Crippen LogP contribution in [0, 0.1) is 6.92 Å². The molecule has 0 spiro atoms. The third-order valence-corrected chi connectivity index (χ3v) is 5.76. The molecule has 2 heterocycles. The fourth-order valence-corrected chi connectivity index (χ4v) is 3.88. The van der Waals surface area contributed by atoms with Crippen molar-refractivity contribution < 1.29 is 13.2 Å². The molecule has 1 aromatic heterocycles. The fourth-order valence-electron chi connectivity index (χ4n) is 3.88. The molecular weight excluding hydrogens is 397 g/mol. The number of rotatable bonds is 5. The largest absolute Gasteiger partial charge is 0.416 e. The van der Waals surface area contributed by atoms with Crippen LogP contribution in [0.4, 0.5) is 13.2 Å². The molecule has 0 bridgehead atoms. The van der Waals surface area contributed by atoms with Gasteiger partial charge in [0.25, 0.3) is 0 Å². The van der Waals surface area contributed by atoms with E-state index in [2.05, 4.69) is 46.3 Å². The van der Waals surface area contributed by atoms with Crippen LogP contribution >= 0.6 is 0 Å². The summed E-state index contributed by atoms with van der Waals surface area (Å²) in [6, 6.07) is 18.2. The monoisotopic (exact) mass is 422 g/mol. The number of aromatic nitrogens is 1. The Morgan fingerprint density at radius 3 is 2.35 bits per heavy atom. The van der Waals surface area contributed by atoms with E-state index in [1.165, 1.54) is 23.3 Å². The average Bonchev–Trinajstić information content (AvgIpc) is 2.78. The van der Waals surface area contributed by atoms with Crippen molar-refractivity contribution >= 4 is 5.57 Å². The number of hydrogen-bond donors (Lipinski definition) is 0. The summed E-state index contributed by atoms with van der Waals surface area (Å²) < 4.78 is 38.3. The Hall–Kier alpha value is -2.92. The number of hydrogen-bond acceptors (Lipinski definition) is 2. The molecule has 0 N–H and O–H groups in total. The summed E-state index contributed by atoms with van der Waals surface area (Å²) in [6.45, 7) is 4.66. The molecule has 160 valence electrons. The van der Waals surface area contributed by atoms with Gasteiger partial charge in [-0.05, 0) is 60.2 Å². The van der Waals surface area contributed by atoms with Gasteiger partial charge in [0.1, 0.15) is 0 Å². The maximum Gasteiger partial charge on any atom is 0.416 e. The molecule has 4 rings (SSSR count). The fraction of sp³-hybridized carbons (Fsp3) is 0.269. The van der Waals surface area contributed by atoms with Gasteiger partial charge < -0.3 is 0 Å². The van der Waals surface area contributed by atoms with Gasteiger partial charge in [0.05, 0.1) is 5.56 Å². The molecule has 0 atom stereocenters. The first kappa shape index (κ1) is 21.3. The molecule has 31 heavy (non-hydrogen) atoms. The maximum atomic E-state index is 12.8. The van der Waals surface area contributed by atoms with E-state index in [0.717, 1.165) is 54.9 Å². The Morgan fingerprint density at radius 2 is 1.71 bits per heavy atom. The summed E-state index contributed by atoms with van der Waals surface area (Å²) in [7, 11) is 0. The summed E-state index contributed by atoms with van der Waals surface area (Å²) in [4.78, 5) is 6.77. The molecule has 2 aromatic carbocycles. The third-order valence-electron chi connectivity index (χ3n) is 5.76. The van der Waals surface area contributed by atoms with Crippen molar-refractivity contribution in [2.75, 3.05) is 19.6 Å². The standard InChI is InChI=1S/C26H25F3N2/c1-19-5-6-24(18-30-19)23-4-2-3-20(17-23)11-14-31-15-12-22(13-16-31)21-7-9-25(10-8-21)26(27,28)29/h2-10,12,17-18H,11,13-16H2,1H3. The lowest BCUT2D eigenvalue weighted by Crippen LogP contribution is -2.30. The summed E-state index contributed by atoms with van der Waals surface area (Å²) in [5, 5.41) is 0. The minimum atomic E-state index is -4.29. The quantitative estimate of drug-likeness (QED) is 0.472. The highest BCUT2D eigenvalue weighted by molar-refractivity contribution is 5.67. The molecule has 2 nitrogen and oxygen atoms in total. The topological polar surface area (TPSA) is 16.1 Å². The van der Waals surface area contributed by atoms with E-state index in [1.807, 2.05) is 19.2 Å². The van der Waals surface area contributed by atoms with E-state index in [1.54, 1.807) is 12.1 Å². The molecule has 0 saturated heterocycles. The Labute approximate surface area is 181 Å². The normalized spacial score (nSPS) is 15.0. The van der Waals surface area contributed by atoms with E-state index in [0.29, 0.717) is 0 Å². The van der Waals surface area contributed by atoms with Gasteiger partial charge >= 0.3 is 6.18 Å². The number of benzene rings is 2. The van der Waals surface area contributed by atoms with Gasteiger partial charge in [-0.3, -0.25) is 9.88 Å². The lowest BCUT2D eigenvalue weighted by molar-refractivity contribution is -0.137. The van der Waals surface area contributed by atoms with Gasteiger partial charge in [0.15, 0.2) is 0 Å². The Kier molecular flexibility index (Phi) is 6.23. The first-order valence-corrected chi connectivity index (χ1v) is 10.5. The summed E-state index contributed by atoms with van der Waals surface area (Å²) in [5.41, 5.74) is 6.00. The SMILES string of the molecule is Cc1ccc(-c2cccc(CCN3CC=C(c4ccc(C(F)(F)F)cc4)CC3)c2)cn1. The highest BCUT2D eigenvalue weighted by Crippen LogP contribution is 2.31. The molecular formula is C26H25F3N2. The number of nitrogens with zero attached hydrogens (tertiary/aromatic N) is 2. The molecule has 0 aliphatic carbocycles. The Balaban J connectivity index is 1.34. The van der Waals surface area contributed by atoms with Crippen molar-refractivity contribution in [1.29, 1.82) is 0 Å². The number of aryl methyl sites for hydroxylation is 1. The van der Waals surface area contributed by atoms with Crippen LogP contribution in [-0.2, 0) is 12.6 Å². The van der Waals surface area contributed by atoms with E-state index < -0.39 is 11.7 Å². The van der Waals surface area contributed by atoms with Crippen LogP contribution in [0.2, 0.25) is 0 Å². The second-order valence-corrected chi connectivity index (χ2v) is 7.99. The second kappa shape index (κ2) is 9.06. The molecule has 0 radical (unpaired) electrons. The van der Waals surface area contributed by atoms with Crippen molar-refractivity contribution in [1.82, 2.24) is 9.88 Å². The van der Waals surface area contributed by atoms with Crippen LogP contribution in [-0.4, -0.2) is 29.5 Å². The van der Waals surface area contributed by atoms with E-state index >= 15 is 0 Å². The number of pyridine rings is 1. The summed E-state index contributed by atoms with van der Waals surface area (Å²) in [5.74, 6) is 0. The predicted octanol–water partition coefficient (Wildman–Crippen LogP) is 6.41. The zero-order valence-corrected chi connectivity index (χ0v) is 17.5. The van der Waals surface area contributed by atoms with Crippen LogP contribution in [0.15, 0.2) is 72.9 Å². The zero-order valence-electron chi connectivity index (χ0n) is 17.5. The van der Waals surface area contributed by atoms with Crippen molar-refractivity contribution in [2.45, 2.75) is 25.9 Å². The highest BCUT2D eigenvalue weighted by atomic mass is 19.4. The number of halogens is 3. The van der Waals surface area contributed by atoms with Crippen molar-refractivity contribution in [2.24, 2.45) is 0 Å². The summed E-state index contributed by atoms with van der Waals surface area (Å²) in [6.07, 6.45) is 1.56. The van der Waals surface area contributed by atoms with Crippen molar-refractivity contribution in [3.05, 3.63) is 95.3 Å². The summed E-state index contributed by atoms with van der Waals surface area (Å²) >= 11 is 0. The van der Waals surface area contributed by atoms with E-state index in [9.17, 15) is 13.2 Å². The Bertz CT molecular complexity index is 1050. The van der Waals surface area contributed by atoms with Gasteiger partial charge in [-0.1, -0.05) is 48.5 Å². The first-order valence-electron chi connectivity index (χ1n) is 10.5. The lowest BCUT2D eigenvalue weighted by Gasteiger charge is -2.26. The molecule has 1 aliphatic heterocycles. The smallest absolute Gasteiger partial charge is 0.299 e. The zero-order chi connectivity index (χ0) is 21.8. The Morgan fingerprint density at radius 1 is 0.935 bits per heavy atom. The van der Waals surface area contributed by atoms with Crippen LogP contribution in [0.3, 0.4) is 0 Å². The third kappa shape index (κ3) is 5.42. The lowest BCUT2D eigenvalue weighted by atomic mass is 9.98. The van der Waals surface area contributed by atoms with Gasteiger partial charge in [0.2, 0.25) is 0 Å². The molecule has 0 amide bonds. The minimum Gasteiger partial charge on any atom is -0.299 e. The van der Waals surface area contributed by atoms with Crippen LogP contribution in [0.1, 0.15) is 28.8 Å². The van der Waals surface area contributed by atoms with Crippen LogP contribution in [0.5, 0.6) is 0 Å². The first-order chi connectivity index (χ1) is 14.9. The van der Waals surface area contributed by atoms with Crippen molar-refractivity contribution in [3.8, 4) is 11.1 Å². The molecule has 0 saturated carbocycles. The second-order valence-electron chi connectivity index (χ2n) is 7.99. The van der Waals surface area contributed by atoms with E-state index in [4.69, 9.17) is 0 Å². The molecule has 5 heteroatoms. The van der Waals surface area contributed by atoms with Gasteiger partial charge in [-0.15, -0.1) is 0 Å². The van der Waals surface area contributed by atoms with Crippen LogP contribution < -0.4 is 0 Å². The molecule has 3 aromatic rings. The van der Waals surface area contributed by atoms with Gasteiger partial charge in [-0.2, -0.15) is 13.2 Å². The van der Waals surface area contributed by atoms with Gasteiger partial charge in [-0.25, -0.2) is 0 Å². The molecule has 0 unspecified atom stereocenters. The minimum absolute atomic E-state index is 0.599. The van der Waals surface area contributed by atoms with Crippen molar-refractivity contribution in [3.63, 3.8) is 0 Å². The number of alkyl halides is 3. The molecule has 0 fully saturated rings. The maximum absolute atomic E-state index is 12.8. The average molecular weight is 422 g/mol. The van der Waals surface area contributed by atoms with Crippen LogP contribution in [0.25, 0.3) is 16.7 Å². The highest BCUT2D eigenvalue weighted by Gasteiger charge is 2.30. The molecule has 1 aliphatic rings. The van der Waals surface area contributed by atoms with E-state index in [-0.39, 0.29) is 0 Å². The predicted molar refractivity (Wildman–Crippen MR) is 119 cm³/mol.